The van der Waals surface area contributed by atoms with Crippen LogP contribution in [0.15, 0.2) is 65.8 Å². The van der Waals surface area contributed by atoms with Crippen molar-refractivity contribution < 1.29 is 14.5 Å². The van der Waals surface area contributed by atoms with Crippen molar-refractivity contribution in [2.45, 2.75) is 6.92 Å². The molecule has 0 aliphatic carbocycles. The van der Waals surface area contributed by atoms with Crippen LogP contribution in [0.1, 0.15) is 31.2 Å². The maximum atomic E-state index is 12.4. The molecule has 2 aromatic carbocycles. The monoisotopic (exact) mass is 408 g/mol. The van der Waals surface area contributed by atoms with E-state index in [0.29, 0.717) is 21.7 Å². The number of nitrogens with one attached hydrogen (secondary N) is 2. The van der Waals surface area contributed by atoms with Crippen LogP contribution in [0.25, 0.3) is 0 Å². The number of carbonyl (C=O) groups excluding carboxylic acids is 2. The summed E-state index contributed by atoms with van der Waals surface area (Å²) in [7, 11) is 0. The Labute approximate surface area is 170 Å². The van der Waals surface area contributed by atoms with Gasteiger partial charge in [-0.15, -0.1) is 0 Å². The fraction of sp³-hybridized carbons (Fsp3) is 0.0500. The van der Waals surface area contributed by atoms with Crippen LogP contribution in [0.5, 0.6) is 0 Å². The van der Waals surface area contributed by atoms with Crippen molar-refractivity contribution >= 4 is 40.1 Å². The van der Waals surface area contributed by atoms with Crippen molar-refractivity contribution in [3.05, 3.63) is 92.3 Å². The molecule has 3 aromatic rings. The highest BCUT2D eigenvalue weighted by molar-refractivity contribution is 7.16. The van der Waals surface area contributed by atoms with Gasteiger partial charge in [0.25, 0.3) is 11.8 Å². The van der Waals surface area contributed by atoms with E-state index < -0.39 is 10.8 Å². The van der Waals surface area contributed by atoms with Gasteiger partial charge in [0, 0.05) is 22.9 Å². The third-order valence-electron chi connectivity index (χ3n) is 3.92. The summed E-state index contributed by atoms with van der Waals surface area (Å²) < 4.78 is 0. The highest BCUT2D eigenvalue weighted by Gasteiger charge is 2.11. The fourth-order valence-electron chi connectivity index (χ4n) is 2.49. The van der Waals surface area contributed by atoms with Gasteiger partial charge >= 0.3 is 5.00 Å². The molecule has 29 heavy (non-hydrogen) atoms. The molecule has 2 N–H and O–H groups in total. The quantitative estimate of drug-likeness (QED) is 0.365. The van der Waals surface area contributed by atoms with Crippen molar-refractivity contribution in [3.63, 3.8) is 0 Å². The lowest BCUT2D eigenvalue weighted by molar-refractivity contribution is -0.380. The zero-order chi connectivity index (χ0) is 20.8. The highest BCUT2D eigenvalue weighted by Crippen LogP contribution is 2.22. The molecule has 0 saturated heterocycles. The average molecular weight is 408 g/mol. The van der Waals surface area contributed by atoms with Crippen molar-refractivity contribution in [3.8, 4) is 0 Å². The standard InChI is InChI=1S/C20H16N4O4S/c1-13-5-2-3-8-17(13)20(26)22-15-7-4-6-14(11-15)19(25)23-21-12-16-9-10-18(29-16)24(27)28/h2-12H,1H3,(H,22,26)(H,23,25)/b21-12+. The van der Waals surface area contributed by atoms with Gasteiger partial charge < -0.3 is 5.32 Å². The van der Waals surface area contributed by atoms with Crippen LogP contribution in [0.2, 0.25) is 0 Å². The molecule has 0 radical (unpaired) electrons. The van der Waals surface area contributed by atoms with E-state index in [4.69, 9.17) is 0 Å². The Morgan fingerprint density at radius 3 is 2.59 bits per heavy atom. The first-order chi connectivity index (χ1) is 13.9. The number of anilines is 1. The van der Waals surface area contributed by atoms with Crippen LogP contribution in [0.4, 0.5) is 10.7 Å². The zero-order valence-corrected chi connectivity index (χ0v) is 16.1. The van der Waals surface area contributed by atoms with Gasteiger partial charge in [0.05, 0.1) is 16.0 Å². The number of hydrogen-bond acceptors (Lipinski definition) is 6. The predicted molar refractivity (Wildman–Crippen MR) is 112 cm³/mol. The number of nitro groups is 1. The molecule has 8 nitrogen and oxygen atoms in total. The number of amides is 2. The van der Waals surface area contributed by atoms with Gasteiger partial charge in [-0.2, -0.15) is 5.10 Å². The van der Waals surface area contributed by atoms with E-state index in [1.165, 1.54) is 18.3 Å². The minimum absolute atomic E-state index is 0.00475. The van der Waals surface area contributed by atoms with Crippen LogP contribution in [0, 0.1) is 17.0 Å². The number of rotatable bonds is 6. The Morgan fingerprint density at radius 2 is 1.86 bits per heavy atom. The largest absolute Gasteiger partial charge is 0.324 e. The predicted octanol–water partition coefficient (Wildman–Crippen LogP) is 3.98. The summed E-state index contributed by atoms with van der Waals surface area (Å²) in [4.78, 5) is 35.4. The lowest BCUT2D eigenvalue weighted by Gasteiger charge is -2.08. The molecule has 0 atom stereocenters. The Hall–Kier alpha value is -3.85. The zero-order valence-electron chi connectivity index (χ0n) is 15.3. The van der Waals surface area contributed by atoms with Crippen molar-refractivity contribution in [1.82, 2.24) is 5.43 Å². The summed E-state index contributed by atoms with van der Waals surface area (Å²) in [6.45, 7) is 1.85. The Bertz CT molecular complexity index is 1110. The summed E-state index contributed by atoms with van der Waals surface area (Å²) in [5, 5.41) is 17.3. The van der Waals surface area contributed by atoms with Gasteiger partial charge in [-0.25, -0.2) is 5.43 Å². The first kappa shape index (κ1) is 19.9. The Morgan fingerprint density at radius 1 is 1.07 bits per heavy atom. The molecule has 0 aliphatic heterocycles. The number of nitrogens with zero attached hydrogens (tertiary/aromatic N) is 2. The maximum absolute atomic E-state index is 12.4. The molecule has 0 bridgehead atoms. The minimum atomic E-state index is -0.489. The second-order valence-electron chi connectivity index (χ2n) is 5.98. The molecule has 1 aromatic heterocycles. The van der Waals surface area contributed by atoms with E-state index in [1.54, 1.807) is 36.4 Å². The first-order valence-corrected chi connectivity index (χ1v) is 9.30. The first-order valence-electron chi connectivity index (χ1n) is 8.49. The third-order valence-corrected chi connectivity index (χ3v) is 4.89. The molecule has 0 saturated carbocycles. The number of hydrogen-bond donors (Lipinski definition) is 2. The molecular formula is C20H16N4O4S. The number of hydrazone groups is 1. The molecule has 1 heterocycles. The smallest absolute Gasteiger partial charge is 0.322 e. The molecule has 3 rings (SSSR count). The van der Waals surface area contributed by atoms with E-state index in [2.05, 4.69) is 15.8 Å². The van der Waals surface area contributed by atoms with Gasteiger partial charge in [0.1, 0.15) is 0 Å². The lowest BCUT2D eigenvalue weighted by Crippen LogP contribution is -2.18. The number of aryl methyl sites for hydroxylation is 1. The molecule has 0 aliphatic rings. The summed E-state index contributed by atoms with van der Waals surface area (Å²) in [5.41, 5.74) is 4.55. The van der Waals surface area contributed by atoms with Gasteiger partial charge in [-0.1, -0.05) is 35.6 Å². The molecule has 146 valence electrons. The van der Waals surface area contributed by atoms with E-state index in [-0.39, 0.29) is 10.9 Å². The Balaban J connectivity index is 1.64. The highest BCUT2D eigenvalue weighted by atomic mass is 32.1. The van der Waals surface area contributed by atoms with Gasteiger partial charge in [-0.3, -0.25) is 19.7 Å². The second kappa shape index (κ2) is 8.89. The number of carbonyl (C=O) groups is 2. The van der Waals surface area contributed by atoms with E-state index >= 15 is 0 Å². The summed E-state index contributed by atoms with van der Waals surface area (Å²) in [6, 6.07) is 16.6. The molecule has 9 heteroatoms. The van der Waals surface area contributed by atoms with Crippen LogP contribution in [-0.4, -0.2) is 23.0 Å². The van der Waals surface area contributed by atoms with Crippen molar-refractivity contribution in [2.75, 3.05) is 5.32 Å². The average Bonchev–Trinajstić information content (AvgIpc) is 3.17. The summed E-state index contributed by atoms with van der Waals surface area (Å²) in [5.74, 6) is -0.739. The topological polar surface area (TPSA) is 114 Å². The third kappa shape index (κ3) is 5.11. The molecule has 0 unspecified atom stereocenters. The van der Waals surface area contributed by atoms with Gasteiger partial charge in [0.2, 0.25) is 0 Å². The lowest BCUT2D eigenvalue weighted by atomic mass is 10.1. The van der Waals surface area contributed by atoms with Gasteiger partial charge in [0.15, 0.2) is 0 Å². The van der Waals surface area contributed by atoms with Crippen LogP contribution in [0.3, 0.4) is 0 Å². The summed E-state index contributed by atoms with van der Waals surface area (Å²) in [6.07, 6.45) is 1.33. The van der Waals surface area contributed by atoms with E-state index in [9.17, 15) is 19.7 Å². The molecule has 0 fully saturated rings. The molecule has 2 amide bonds. The normalized spacial score (nSPS) is 10.7. The Kier molecular flexibility index (Phi) is 6.10. The fourth-order valence-corrected chi connectivity index (χ4v) is 3.19. The van der Waals surface area contributed by atoms with E-state index in [0.717, 1.165) is 16.9 Å². The van der Waals surface area contributed by atoms with E-state index in [1.807, 2.05) is 19.1 Å². The van der Waals surface area contributed by atoms with Gasteiger partial charge in [-0.05, 0) is 42.8 Å². The SMILES string of the molecule is Cc1ccccc1C(=O)Nc1cccc(C(=O)N/N=C/c2ccc([N+](=O)[O-])s2)c1. The summed E-state index contributed by atoms with van der Waals surface area (Å²) >= 11 is 0.950. The van der Waals surface area contributed by atoms with Crippen LogP contribution >= 0.6 is 11.3 Å². The minimum Gasteiger partial charge on any atom is -0.322 e. The van der Waals surface area contributed by atoms with Crippen molar-refractivity contribution in [2.24, 2.45) is 5.10 Å². The van der Waals surface area contributed by atoms with Crippen molar-refractivity contribution in [1.29, 1.82) is 0 Å². The number of thiophene rings is 1. The second-order valence-corrected chi connectivity index (χ2v) is 7.08. The number of benzene rings is 2. The molecule has 0 spiro atoms. The van der Waals surface area contributed by atoms with Crippen LogP contribution < -0.4 is 10.7 Å². The molecular weight excluding hydrogens is 392 g/mol. The maximum Gasteiger partial charge on any atom is 0.324 e. The van der Waals surface area contributed by atoms with Crippen LogP contribution in [-0.2, 0) is 0 Å².